The molecule has 0 bridgehead atoms. The highest BCUT2D eigenvalue weighted by Gasteiger charge is 2.22. The topological polar surface area (TPSA) is 50.1 Å². The van der Waals surface area contributed by atoms with Gasteiger partial charge in [-0.1, -0.05) is 0 Å². The van der Waals surface area contributed by atoms with E-state index in [1.54, 1.807) is 0 Å². The van der Waals surface area contributed by atoms with Crippen LogP contribution in [0.2, 0.25) is 0 Å². The zero-order chi connectivity index (χ0) is 7.56. The molecule has 0 N–H and O–H groups in total. The van der Waals surface area contributed by atoms with Gasteiger partial charge in [-0.2, -0.15) is 5.26 Å². The van der Waals surface area contributed by atoms with E-state index in [1.807, 2.05) is 6.07 Å². The van der Waals surface area contributed by atoms with Gasteiger partial charge in [0.05, 0.1) is 7.11 Å². The van der Waals surface area contributed by atoms with E-state index in [2.05, 4.69) is 4.74 Å². The molecular weight excluding hydrogens is 130 g/mol. The molecule has 0 aromatic carbocycles. The van der Waals surface area contributed by atoms with Gasteiger partial charge in [0.25, 0.3) is 0 Å². The van der Waals surface area contributed by atoms with E-state index >= 15 is 0 Å². The maximum absolute atomic E-state index is 10.7. The number of methoxy groups -OCH3 is 1. The second-order valence-corrected chi connectivity index (χ2v) is 2.08. The van der Waals surface area contributed by atoms with Gasteiger partial charge in [-0.25, -0.2) is 4.79 Å². The van der Waals surface area contributed by atoms with Crippen LogP contribution >= 0.6 is 0 Å². The summed E-state index contributed by atoms with van der Waals surface area (Å²) >= 11 is 0. The number of hydrogen-bond acceptors (Lipinski definition) is 3. The summed E-state index contributed by atoms with van der Waals surface area (Å²) in [5, 5.41) is 8.43. The first kappa shape index (κ1) is 6.81. The van der Waals surface area contributed by atoms with Crippen LogP contribution in [0.1, 0.15) is 12.8 Å². The quantitative estimate of drug-likeness (QED) is 0.305. The van der Waals surface area contributed by atoms with Crippen molar-refractivity contribution < 1.29 is 9.53 Å². The van der Waals surface area contributed by atoms with E-state index in [-0.39, 0.29) is 5.57 Å². The molecule has 10 heavy (non-hydrogen) atoms. The lowest BCUT2D eigenvalue weighted by Gasteiger charge is -1.92. The zero-order valence-electron chi connectivity index (χ0n) is 5.68. The highest BCUT2D eigenvalue weighted by atomic mass is 16.5. The highest BCUT2D eigenvalue weighted by Crippen LogP contribution is 2.31. The number of hydrogen-bond donors (Lipinski definition) is 0. The SMILES string of the molecule is COC(=O)C(C#N)=C1CC1. The van der Waals surface area contributed by atoms with Gasteiger partial charge in [-0.3, -0.25) is 0 Å². The Labute approximate surface area is 58.9 Å². The molecular formula is C7H7NO2. The molecule has 3 nitrogen and oxygen atoms in total. The van der Waals surface area contributed by atoms with Gasteiger partial charge < -0.3 is 4.74 Å². The van der Waals surface area contributed by atoms with Crippen LogP contribution in [0.4, 0.5) is 0 Å². The third kappa shape index (κ3) is 1.16. The van der Waals surface area contributed by atoms with Crippen molar-refractivity contribution in [2.24, 2.45) is 0 Å². The van der Waals surface area contributed by atoms with E-state index in [0.29, 0.717) is 0 Å². The molecule has 0 spiro atoms. The summed E-state index contributed by atoms with van der Waals surface area (Å²) < 4.78 is 4.39. The smallest absolute Gasteiger partial charge is 0.348 e. The number of nitrogens with zero attached hydrogens (tertiary/aromatic N) is 1. The molecule has 1 saturated carbocycles. The Morgan fingerprint density at radius 2 is 2.30 bits per heavy atom. The fourth-order valence-electron chi connectivity index (χ4n) is 0.684. The minimum atomic E-state index is -0.505. The Bertz CT molecular complexity index is 228. The van der Waals surface area contributed by atoms with E-state index in [9.17, 15) is 4.79 Å². The summed E-state index contributed by atoms with van der Waals surface area (Å²) in [5.41, 5.74) is 1.12. The molecule has 0 unspecified atom stereocenters. The zero-order valence-corrected chi connectivity index (χ0v) is 5.68. The van der Waals surface area contributed by atoms with E-state index in [4.69, 9.17) is 5.26 Å². The van der Waals surface area contributed by atoms with Crippen LogP contribution in [0.5, 0.6) is 0 Å². The van der Waals surface area contributed by atoms with E-state index < -0.39 is 5.97 Å². The molecule has 3 heteroatoms. The van der Waals surface area contributed by atoms with Gasteiger partial charge >= 0.3 is 5.97 Å². The molecule has 1 rings (SSSR count). The van der Waals surface area contributed by atoms with Crippen molar-refractivity contribution in [1.29, 1.82) is 5.26 Å². The fourth-order valence-corrected chi connectivity index (χ4v) is 0.684. The van der Waals surface area contributed by atoms with Gasteiger partial charge in [0, 0.05) is 0 Å². The van der Waals surface area contributed by atoms with Crippen LogP contribution in [0, 0.1) is 11.3 Å². The largest absolute Gasteiger partial charge is 0.465 e. The van der Waals surface area contributed by atoms with Crippen LogP contribution < -0.4 is 0 Å². The van der Waals surface area contributed by atoms with Crippen molar-refractivity contribution in [3.05, 3.63) is 11.1 Å². The van der Waals surface area contributed by atoms with Crippen molar-refractivity contribution in [2.45, 2.75) is 12.8 Å². The average Bonchev–Trinajstić information content (AvgIpc) is 2.73. The summed E-state index contributed by atoms with van der Waals surface area (Å²) in [4.78, 5) is 10.7. The Kier molecular flexibility index (Phi) is 1.72. The van der Waals surface area contributed by atoms with E-state index in [0.717, 1.165) is 18.4 Å². The van der Waals surface area contributed by atoms with Gasteiger partial charge in [0.15, 0.2) is 0 Å². The van der Waals surface area contributed by atoms with Gasteiger partial charge in [-0.15, -0.1) is 0 Å². The van der Waals surface area contributed by atoms with Gasteiger partial charge in [0.1, 0.15) is 11.6 Å². The Morgan fingerprint density at radius 1 is 1.70 bits per heavy atom. The van der Waals surface area contributed by atoms with Crippen LogP contribution in [-0.4, -0.2) is 13.1 Å². The van der Waals surface area contributed by atoms with Crippen molar-refractivity contribution in [2.75, 3.05) is 7.11 Å². The summed E-state index contributed by atoms with van der Waals surface area (Å²) in [6, 6.07) is 1.82. The number of rotatable bonds is 1. The first-order valence-corrected chi connectivity index (χ1v) is 3.00. The van der Waals surface area contributed by atoms with Crippen LogP contribution in [0.15, 0.2) is 11.1 Å². The Balaban J connectivity index is 2.78. The summed E-state index contributed by atoms with van der Waals surface area (Å²) in [7, 11) is 1.28. The number of nitriles is 1. The molecule has 0 heterocycles. The predicted octanol–water partition coefficient (Wildman–Crippen LogP) is 0.773. The fraction of sp³-hybridized carbons (Fsp3) is 0.429. The molecule has 1 aliphatic carbocycles. The second kappa shape index (κ2) is 2.53. The standard InChI is InChI=1S/C7H7NO2/c1-10-7(9)6(4-8)5-2-3-5/h2-3H2,1H3. The lowest BCUT2D eigenvalue weighted by Crippen LogP contribution is -2.02. The summed E-state index contributed by atoms with van der Waals surface area (Å²) in [6.45, 7) is 0. The molecule has 0 atom stereocenters. The molecule has 1 fully saturated rings. The molecule has 0 amide bonds. The molecule has 1 aliphatic rings. The first-order valence-electron chi connectivity index (χ1n) is 3.00. The Morgan fingerprint density at radius 3 is 2.60 bits per heavy atom. The van der Waals surface area contributed by atoms with E-state index in [1.165, 1.54) is 7.11 Å². The molecule has 0 aromatic heterocycles. The minimum Gasteiger partial charge on any atom is -0.465 e. The maximum atomic E-state index is 10.7. The molecule has 52 valence electrons. The van der Waals surface area contributed by atoms with Crippen molar-refractivity contribution in [3.63, 3.8) is 0 Å². The number of esters is 1. The number of ether oxygens (including phenoxy) is 1. The summed E-state index contributed by atoms with van der Waals surface area (Å²) in [6.07, 6.45) is 1.75. The number of carbonyl (C=O) groups is 1. The second-order valence-electron chi connectivity index (χ2n) is 2.08. The Hall–Kier alpha value is -1.30. The minimum absolute atomic E-state index is 0.197. The lowest BCUT2D eigenvalue weighted by molar-refractivity contribution is -0.135. The van der Waals surface area contributed by atoms with Crippen molar-refractivity contribution in [1.82, 2.24) is 0 Å². The average molecular weight is 137 g/mol. The number of allylic oxidation sites excluding steroid dienone is 1. The molecule has 0 radical (unpaired) electrons. The lowest BCUT2D eigenvalue weighted by atomic mass is 10.3. The molecule has 0 saturated heterocycles. The normalized spacial score (nSPS) is 13.8. The van der Waals surface area contributed by atoms with Crippen LogP contribution in [0.3, 0.4) is 0 Å². The highest BCUT2D eigenvalue weighted by molar-refractivity contribution is 5.94. The number of carbonyl (C=O) groups excluding carboxylic acids is 1. The summed E-state index contributed by atoms with van der Waals surface area (Å²) in [5.74, 6) is -0.505. The third-order valence-corrected chi connectivity index (χ3v) is 1.35. The van der Waals surface area contributed by atoms with Crippen molar-refractivity contribution in [3.8, 4) is 6.07 Å². The van der Waals surface area contributed by atoms with Crippen molar-refractivity contribution >= 4 is 5.97 Å². The van der Waals surface area contributed by atoms with Crippen LogP contribution in [-0.2, 0) is 9.53 Å². The predicted molar refractivity (Wildman–Crippen MR) is 33.9 cm³/mol. The molecule has 0 aliphatic heterocycles. The van der Waals surface area contributed by atoms with Gasteiger partial charge in [-0.05, 0) is 18.4 Å². The van der Waals surface area contributed by atoms with Gasteiger partial charge in [0.2, 0.25) is 0 Å². The third-order valence-electron chi connectivity index (χ3n) is 1.35. The van der Waals surface area contributed by atoms with Crippen LogP contribution in [0.25, 0.3) is 0 Å². The monoisotopic (exact) mass is 137 g/mol. The molecule has 0 aromatic rings. The maximum Gasteiger partial charge on any atom is 0.348 e. The first-order chi connectivity index (χ1) is 4.79.